The fourth-order valence-electron chi connectivity index (χ4n) is 3.14. The maximum Gasteiger partial charge on any atom is 0.258 e. The number of benzene rings is 1. The minimum atomic E-state index is -0.300. The number of aromatic amines is 1. The van der Waals surface area contributed by atoms with Crippen LogP contribution in [0.1, 0.15) is 24.0 Å². The van der Waals surface area contributed by atoms with Gasteiger partial charge in [-0.15, -0.1) is 11.8 Å². The Balaban J connectivity index is 1.39. The normalized spacial score (nSPS) is 14.5. The molecule has 1 aliphatic heterocycles. The molecule has 1 unspecified atom stereocenters. The van der Waals surface area contributed by atoms with Gasteiger partial charge in [0.05, 0.1) is 33.8 Å². The first-order chi connectivity index (χ1) is 13.6. The number of hydrogen-bond donors (Lipinski definition) is 3. The molecule has 3 aromatic rings. The number of nitrogens with one attached hydrogen (secondary N) is 3. The first-order valence-electron chi connectivity index (χ1n) is 9.19. The van der Waals surface area contributed by atoms with Crippen molar-refractivity contribution in [2.75, 3.05) is 11.9 Å². The first-order valence-corrected chi connectivity index (χ1v) is 10.2. The van der Waals surface area contributed by atoms with Gasteiger partial charge >= 0.3 is 0 Å². The number of para-hydroxylation sites is 1. The third kappa shape index (κ3) is 4.07. The summed E-state index contributed by atoms with van der Waals surface area (Å²) in [7, 11) is 0. The van der Waals surface area contributed by atoms with E-state index in [1.54, 1.807) is 12.3 Å². The lowest BCUT2D eigenvalue weighted by atomic mass is 10.1. The minimum absolute atomic E-state index is 0.0985. The third-order valence-electron chi connectivity index (χ3n) is 4.68. The smallest absolute Gasteiger partial charge is 0.258 e. The van der Waals surface area contributed by atoms with E-state index in [0.29, 0.717) is 28.2 Å². The van der Waals surface area contributed by atoms with E-state index < -0.39 is 0 Å². The highest BCUT2D eigenvalue weighted by Crippen LogP contribution is 2.20. The monoisotopic (exact) mass is 395 g/mol. The van der Waals surface area contributed by atoms with Crippen LogP contribution in [0.15, 0.2) is 41.3 Å². The molecule has 1 amide bonds. The summed E-state index contributed by atoms with van der Waals surface area (Å²) < 4.78 is 0. The van der Waals surface area contributed by atoms with Crippen molar-refractivity contribution in [2.24, 2.45) is 0 Å². The fraction of sp³-hybridized carbons (Fsp3) is 0.300. The number of rotatable bonds is 5. The van der Waals surface area contributed by atoms with Crippen LogP contribution >= 0.6 is 11.8 Å². The molecular formula is C20H21N5O2S. The number of carbonyl (C=O) groups is 1. The number of fused-ring (bicyclic) bond motifs is 2. The van der Waals surface area contributed by atoms with Crippen LogP contribution in [0, 0.1) is 0 Å². The molecule has 28 heavy (non-hydrogen) atoms. The van der Waals surface area contributed by atoms with Crippen LogP contribution in [-0.2, 0) is 23.5 Å². The van der Waals surface area contributed by atoms with Gasteiger partial charge in [0.15, 0.2) is 0 Å². The molecule has 0 spiro atoms. The van der Waals surface area contributed by atoms with E-state index in [9.17, 15) is 9.59 Å². The van der Waals surface area contributed by atoms with E-state index in [4.69, 9.17) is 0 Å². The molecule has 0 aliphatic carbocycles. The van der Waals surface area contributed by atoms with E-state index in [0.717, 1.165) is 30.8 Å². The maximum absolute atomic E-state index is 12.5. The van der Waals surface area contributed by atoms with Crippen LogP contribution < -0.4 is 16.2 Å². The second kappa shape index (κ2) is 8.12. The van der Waals surface area contributed by atoms with Gasteiger partial charge in [-0.1, -0.05) is 12.1 Å². The SMILES string of the molecule is CC(SCc1nc2ccccc2c(=O)[nH]1)C(=O)Nc1cnc2c(c1)CNCC2. The molecule has 0 radical (unpaired) electrons. The summed E-state index contributed by atoms with van der Waals surface area (Å²) in [6, 6.07) is 9.20. The number of thioether (sulfide) groups is 1. The van der Waals surface area contributed by atoms with Crippen LogP contribution in [0.5, 0.6) is 0 Å². The summed E-state index contributed by atoms with van der Waals surface area (Å²) in [5.41, 5.74) is 3.42. The molecule has 7 nitrogen and oxygen atoms in total. The molecule has 1 aliphatic rings. The summed E-state index contributed by atoms with van der Waals surface area (Å²) in [6.07, 6.45) is 2.62. The maximum atomic E-state index is 12.5. The Bertz CT molecular complexity index is 1080. The Morgan fingerprint density at radius 1 is 1.36 bits per heavy atom. The zero-order chi connectivity index (χ0) is 19.5. The number of pyridine rings is 1. The van der Waals surface area contributed by atoms with Gasteiger partial charge in [0.25, 0.3) is 5.56 Å². The summed E-state index contributed by atoms with van der Waals surface area (Å²) in [6.45, 7) is 3.55. The van der Waals surface area contributed by atoms with Crippen molar-refractivity contribution in [3.8, 4) is 0 Å². The number of hydrogen-bond acceptors (Lipinski definition) is 6. The van der Waals surface area contributed by atoms with Crippen LogP contribution in [-0.4, -0.2) is 32.7 Å². The second-order valence-electron chi connectivity index (χ2n) is 6.73. The Labute approximate surface area is 166 Å². The molecule has 0 fully saturated rings. The number of anilines is 1. The molecule has 144 valence electrons. The number of amides is 1. The Morgan fingerprint density at radius 3 is 3.11 bits per heavy atom. The van der Waals surface area contributed by atoms with Crippen molar-refractivity contribution in [3.63, 3.8) is 0 Å². The highest BCUT2D eigenvalue weighted by molar-refractivity contribution is 7.99. The number of nitrogens with zero attached hydrogens (tertiary/aromatic N) is 2. The molecule has 2 aromatic heterocycles. The van der Waals surface area contributed by atoms with Gasteiger partial charge in [-0.3, -0.25) is 14.6 Å². The summed E-state index contributed by atoms with van der Waals surface area (Å²) >= 11 is 1.43. The molecule has 0 saturated heterocycles. The van der Waals surface area contributed by atoms with E-state index in [2.05, 4.69) is 25.6 Å². The Hall–Kier alpha value is -2.71. The van der Waals surface area contributed by atoms with Crippen LogP contribution in [0.4, 0.5) is 5.69 Å². The van der Waals surface area contributed by atoms with Gasteiger partial charge in [-0.25, -0.2) is 4.98 Å². The van der Waals surface area contributed by atoms with E-state index >= 15 is 0 Å². The zero-order valence-corrected chi connectivity index (χ0v) is 16.3. The van der Waals surface area contributed by atoms with Gasteiger partial charge in [0, 0.05) is 25.2 Å². The van der Waals surface area contributed by atoms with Gasteiger partial charge < -0.3 is 15.6 Å². The summed E-state index contributed by atoms with van der Waals surface area (Å²) in [4.78, 5) is 36.4. The predicted octanol–water partition coefficient (Wildman–Crippen LogP) is 2.22. The van der Waals surface area contributed by atoms with Crippen LogP contribution in [0.3, 0.4) is 0 Å². The minimum Gasteiger partial charge on any atom is -0.324 e. The average molecular weight is 395 g/mol. The van der Waals surface area contributed by atoms with E-state index in [-0.39, 0.29) is 16.7 Å². The molecular weight excluding hydrogens is 374 g/mol. The summed E-state index contributed by atoms with van der Waals surface area (Å²) in [5.74, 6) is 0.912. The lowest BCUT2D eigenvalue weighted by Gasteiger charge is -2.17. The van der Waals surface area contributed by atoms with Crippen LogP contribution in [0.2, 0.25) is 0 Å². The standard InChI is InChI=1S/C20H21N5O2S/c1-12(19(26)23-14-8-13-9-21-7-6-16(13)22-10-14)28-11-18-24-17-5-3-2-4-15(17)20(27)25-18/h2-5,8,10,12,21H,6-7,9,11H2,1H3,(H,23,26)(H,24,25,27). The predicted molar refractivity (Wildman–Crippen MR) is 111 cm³/mol. The van der Waals surface area contributed by atoms with Gasteiger partial charge in [0.1, 0.15) is 5.82 Å². The van der Waals surface area contributed by atoms with Crippen molar-refractivity contribution in [1.29, 1.82) is 0 Å². The molecule has 3 heterocycles. The molecule has 1 atom stereocenters. The van der Waals surface area contributed by atoms with Crippen molar-refractivity contribution >= 4 is 34.3 Å². The summed E-state index contributed by atoms with van der Waals surface area (Å²) in [5, 5.41) is 6.50. The average Bonchev–Trinajstić information content (AvgIpc) is 2.72. The van der Waals surface area contributed by atoms with Crippen molar-refractivity contribution in [1.82, 2.24) is 20.3 Å². The molecule has 8 heteroatoms. The highest BCUT2D eigenvalue weighted by Gasteiger charge is 2.16. The lowest BCUT2D eigenvalue weighted by Crippen LogP contribution is -2.26. The quantitative estimate of drug-likeness (QED) is 0.613. The van der Waals surface area contributed by atoms with Crippen molar-refractivity contribution < 1.29 is 4.79 Å². The molecule has 3 N–H and O–H groups in total. The van der Waals surface area contributed by atoms with Gasteiger partial charge in [-0.05, 0) is 30.7 Å². The number of aromatic nitrogens is 3. The molecule has 4 rings (SSSR count). The second-order valence-corrected chi connectivity index (χ2v) is 8.06. The molecule has 1 aromatic carbocycles. The van der Waals surface area contributed by atoms with Gasteiger partial charge in [0.2, 0.25) is 5.91 Å². The van der Waals surface area contributed by atoms with Gasteiger partial charge in [-0.2, -0.15) is 0 Å². The largest absolute Gasteiger partial charge is 0.324 e. The highest BCUT2D eigenvalue weighted by atomic mass is 32.2. The van der Waals surface area contributed by atoms with E-state index in [1.165, 1.54) is 11.8 Å². The lowest BCUT2D eigenvalue weighted by molar-refractivity contribution is -0.115. The first kappa shape index (κ1) is 18.6. The van der Waals surface area contributed by atoms with E-state index in [1.807, 2.05) is 31.2 Å². The van der Waals surface area contributed by atoms with Crippen molar-refractivity contribution in [2.45, 2.75) is 30.9 Å². The Kier molecular flexibility index (Phi) is 5.40. The number of H-pyrrole nitrogens is 1. The zero-order valence-electron chi connectivity index (χ0n) is 15.5. The fourth-order valence-corrected chi connectivity index (χ4v) is 3.90. The molecule has 0 bridgehead atoms. The Morgan fingerprint density at radius 2 is 2.21 bits per heavy atom. The van der Waals surface area contributed by atoms with Crippen LogP contribution in [0.25, 0.3) is 10.9 Å². The van der Waals surface area contributed by atoms with Crippen molar-refractivity contribution in [3.05, 3.63) is 64.0 Å². The number of carbonyl (C=O) groups excluding carboxylic acids is 1. The third-order valence-corrected chi connectivity index (χ3v) is 5.84. The topological polar surface area (TPSA) is 99.8 Å². The molecule has 0 saturated carbocycles.